The molecule has 19 heavy (non-hydrogen) atoms. The van der Waals surface area contributed by atoms with Gasteiger partial charge in [-0.05, 0) is 45.1 Å². The van der Waals surface area contributed by atoms with Gasteiger partial charge in [0.25, 0.3) is 0 Å². The SMILES string of the molecule is CC(NCCC1CCOC1)C(=O)N1CCCCCC1. The molecule has 0 spiro atoms. The van der Waals surface area contributed by atoms with Crippen molar-refractivity contribution in [2.75, 3.05) is 32.8 Å². The van der Waals surface area contributed by atoms with Crippen molar-refractivity contribution in [2.24, 2.45) is 5.92 Å². The lowest BCUT2D eigenvalue weighted by atomic mass is 10.1. The Morgan fingerprint density at radius 3 is 2.68 bits per heavy atom. The van der Waals surface area contributed by atoms with Gasteiger partial charge in [-0.25, -0.2) is 0 Å². The van der Waals surface area contributed by atoms with Crippen LogP contribution in [0, 0.1) is 5.92 Å². The van der Waals surface area contributed by atoms with Gasteiger partial charge in [0.05, 0.1) is 6.04 Å². The van der Waals surface area contributed by atoms with Crippen LogP contribution in [0.3, 0.4) is 0 Å². The number of nitrogens with zero attached hydrogens (tertiary/aromatic N) is 1. The fourth-order valence-corrected chi connectivity index (χ4v) is 2.97. The van der Waals surface area contributed by atoms with E-state index in [0.717, 1.165) is 52.1 Å². The van der Waals surface area contributed by atoms with E-state index >= 15 is 0 Å². The summed E-state index contributed by atoms with van der Waals surface area (Å²) >= 11 is 0. The van der Waals surface area contributed by atoms with Crippen LogP contribution in [0.5, 0.6) is 0 Å². The van der Waals surface area contributed by atoms with Crippen molar-refractivity contribution >= 4 is 5.91 Å². The van der Waals surface area contributed by atoms with E-state index in [9.17, 15) is 4.79 Å². The van der Waals surface area contributed by atoms with Crippen molar-refractivity contribution in [3.8, 4) is 0 Å². The Kier molecular flexibility index (Phi) is 6.11. The molecule has 1 amide bonds. The summed E-state index contributed by atoms with van der Waals surface area (Å²) in [7, 11) is 0. The molecular formula is C15H28N2O2. The Hall–Kier alpha value is -0.610. The van der Waals surface area contributed by atoms with Crippen LogP contribution in [0.2, 0.25) is 0 Å². The maximum Gasteiger partial charge on any atom is 0.239 e. The zero-order valence-electron chi connectivity index (χ0n) is 12.2. The molecule has 110 valence electrons. The molecule has 0 aromatic carbocycles. The summed E-state index contributed by atoms with van der Waals surface area (Å²) in [4.78, 5) is 14.4. The Labute approximate surface area is 116 Å². The third kappa shape index (κ3) is 4.77. The van der Waals surface area contributed by atoms with Crippen LogP contribution in [0.4, 0.5) is 0 Å². The summed E-state index contributed by atoms with van der Waals surface area (Å²) in [5.41, 5.74) is 0. The molecule has 0 aromatic heterocycles. The van der Waals surface area contributed by atoms with E-state index in [2.05, 4.69) is 5.32 Å². The number of carbonyl (C=O) groups excluding carboxylic acids is 1. The Morgan fingerprint density at radius 2 is 2.05 bits per heavy atom. The molecule has 1 N–H and O–H groups in total. The first-order valence-electron chi connectivity index (χ1n) is 7.87. The molecule has 4 nitrogen and oxygen atoms in total. The maximum absolute atomic E-state index is 12.3. The van der Waals surface area contributed by atoms with Gasteiger partial charge in [0.15, 0.2) is 0 Å². The molecule has 0 saturated carbocycles. The van der Waals surface area contributed by atoms with Crippen LogP contribution in [0.1, 0.15) is 45.4 Å². The normalized spacial score (nSPS) is 26.2. The lowest BCUT2D eigenvalue weighted by molar-refractivity contribution is -0.133. The van der Waals surface area contributed by atoms with E-state index < -0.39 is 0 Å². The van der Waals surface area contributed by atoms with Crippen LogP contribution in [-0.4, -0.2) is 49.7 Å². The van der Waals surface area contributed by atoms with Crippen molar-refractivity contribution in [3.05, 3.63) is 0 Å². The van der Waals surface area contributed by atoms with E-state index in [4.69, 9.17) is 4.74 Å². The zero-order chi connectivity index (χ0) is 13.5. The highest BCUT2D eigenvalue weighted by atomic mass is 16.5. The Balaban J connectivity index is 1.65. The summed E-state index contributed by atoms with van der Waals surface area (Å²) in [6, 6.07) is -0.0413. The molecule has 2 saturated heterocycles. The van der Waals surface area contributed by atoms with Gasteiger partial charge in [-0.3, -0.25) is 4.79 Å². The predicted molar refractivity (Wildman–Crippen MR) is 76.1 cm³/mol. The highest BCUT2D eigenvalue weighted by Gasteiger charge is 2.21. The van der Waals surface area contributed by atoms with Crippen molar-refractivity contribution in [2.45, 2.75) is 51.5 Å². The average molecular weight is 268 g/mol. The second-order valence-electron chi connectivity index (χ2n) is 5.93. The van der Waals surface area contributed by atoms with Crippen LogP contribution >= 0.6 is 0 Å². The first kappa shape index (κ1) is 14.8. The molecule has 4 heteroatoms. The summed E-state index contributed by atoms with van der Waals surface area (Å²) < 4.78 is 5.37. The first-order valence-corrected chi connectivity index (χ1v) is 7.87. The molecule has 2 heterocycles. The van der Waals surface area contributed by atoms with Gasteiger partial charge in [-0.2, -0.15) is 0 Å². The highest BCUT2D eigenvalue weighted by molar-refractivity contribution is 5.81. The average Bonchev–Trinajstić information content (AvgIpc) is 2.78. The van der Waals surface area contributed by atoms with Gasteiger partial charge in [0, 0.05) is 26.3 Å². The van der Waals surface area contributed by atoms with Crippen molar-refractivity contribution in [3.63, 3.8) is 0 Å². The van der Waals surface area contributed by atoms with Gasteiger partial charge >= 0.3 is 0 Å². The molecule has 2 rings (SSSR count). The molecule has 0 aliphatic carbocycles. The standard InChI is InChI=1S/C15H28N2O2/c1-13(16-8-6-14-7-11-19-12-14)15(18)17-9-4-2-3-5-10-17/h13-14,16H,2-12H2,1H3. The lowest BCUT2D eigenvalue weighted by Gasteiger charge is -2.25. The second-order valence-corrected chi connectivity index (χ2v) is 5.93. The molecule has 0 radical (unpaired) electrons. The minimum absolute atomic E-state index is 0.0413. The number of rotatable bonds is 5. The smallest absolute Gasteiger partial charge is 0.239 e. The molecule has 2 aliphatic heterocycles. The fourth-order valence-electron chi connectivity index (χ4n) is 2.97. The molecule has 2 unspecified atom stereocenters. The summed E-state index contributed by atoms with van der Waals surface area (Å²) in [6.07, 6.45) is 7.17. The number of likely N-dealkylation sites (tertiary alicyclic amines) is 1. The molecule has 2 aliphatic rings. The number of amides is 1. The number of nitrogens with one attached hydrogen (secondary N) is 1. The van der Waals surface area contributed by atoms with Crippen molar-refractivity contribution in [1.29, 1.82) is 0 Å². The summed E-state index contributed by atoms with van der Waals surface area (Å²) in [5, 5.41) is 3.38. The molecule has 0 bridgehead atoms. The minimum Gasteiger partial charge on any atom is -0.381 e. The first-order chi connectivity index (χ1) is 9.27. The third-order valence-corrected chi connectivity index (χ3v) is 4.32. The zero-order valence-corrected chi connectivity index (χ0v) is 12.2. The van der Waals surface area contributed by atoms with Gasteiger partial charge in [-0.1, -0.05) is 12.8 Å². The molecule has 0 aromatic rings. The van der Waals surface area contributed by atoms with Crippen LogP contribution in [0.25, 0.3) is 0 Å². The van der Waals surface area contributed by atoms with Crippen LogP contribution in [0.15, 0.2) is 0 Å². The van der Waals surface area contributed by atoms with Crippen LogP contribution in [-0.2, 0) is 9.53 Å². The van der Waals surface area contributed by atoms with Crippen LogP contribution < -0.4 is 5.32 Å². The molecular weight excluding hydrogens is 240 g/mol. The topological polar surface area (TPSA) is 41.6 Å². The lowest BCUT2D eigenvalue weighted by Crippen LogP contribution is -2.45. The third-order valence-electron chi connectivity index (χ3n) is 4.32. The maximum atomic E-state index is 12.3. The quantitative estimate of drug-likeness (QED) is 0.826. The molecule has 2 fully saturated rings. The predicted octanol–water partition coefficient (Wildman–Crippen LogP) is 1.79. The van der Waals surface area contributed by atoms with E-state index in [1.165, 1.54) is 19.3 Å². The fraction of sp³-hybridized carbons (Fsp3) is 0.933. The Bertz CT molecular complexity index is 269. The van der Waals surface area contributed by atoms with Gasteiger partial charge in [-0.15, -0.1) is 0 Å². The largest absolute Gasteiger partial charge is 0.381 e. The highest BCUT2D eigenvalue weighted by Crippen LogP contribution is 2.15. The molecule has 2 atom stereocenters. The van der Waals surface area contributed by atoms with Gasteiger partial charge in [0.1, 0.15) is 0 Å². The van der Waals surface area contributed by atoms with Crippen molar-refractivity contribution < 1.29 is 9.53 Å². The number of ether oxygens (including phenoxy) is 1. The van der Waals surface area contributed by atoms with E-state index in [1.807, 2.05) is 11.8 Å². The summed E-state index contributed by atoms with van der Waals surface area (Å²) in [6.45, 7) is 6.62. The van der Waals surface area contributed by atoms with E-state index in [-0.39, 0.29) is 11.9 Å². The van der Waals surface area contributed by atoms with Gasteiger partial charge in [0.2, 0.25) is 5.91 Å². The monoisotopic (exact) mass is 268 g/mol. The minimum atomic E-state index is -0.0413. The summed E-state index contributed by atoms with van der Waals surface area (Å²) in [5.74, 6) is 0.970. The van der Waals surface area contributed by atoms with Crippen molar-refractivity contribution in [1.82, 2.24) is 10.2 Å². The second kappa shape index (κ2) is 7.85. The van der Waals surface area contributed by atoms with E-state index in [0.29, 0.717) is 5.92 Å². The number of hydrogen-bond acceptors (Lipinski definition) is 3. The van der Waals surface area contributed by atoms with E-state index in [1.54, 1.807) is 0 Å². The number of carbonyl (C=O) groups is 1. The Morgan fingerprint density at radius 1 is 1.32 bits per heavy atom. The number of hydrogen-bond donors (Lipinski definition) is 1. The van der Waals surface area contributed by atoms with Gasteiger partial charge < -0.3 is 15.0 Å².